The van der Waals surface area contributed by atoms with E-state index in [4.69, 9.17) is 14.7 Å². The van der Waals surface area contributed by atoms with Crippen LogP contribution >= 0.6 is 0 Å². The van der Waals surface area contributed by atoms with Crippen LogP contribution in [0.2, 0.25) is 0 Å². The number of hydrogen-bond acceptors (Lipinski definition) is 3. The Balaban J connectivity index is 1.20. The van der Waals surface area contributed by atoms with Crippen LogP contribution in [0.3, 0.4) is 0 Å². The summed E-state index contributed by atoms with van der Waals surface area (Å²) in [6.45, 7) is 21.4. The average molecular weight is 737 g/mol. The molecule has 0 spiro atoms. The first-order valence-corrected chi connectivity index (χ1v) is 19.9. The van der Waals surface area contributed by atoms with Crippen LogP contribution in [0.15, 0.2) is 108 Å². The molecule has 1 aliphatic heterocycles. The van der Waals surface area contributed by atoms with E-state index in [9.17, 15) is 2.74 Å². The SMILES string of the molecule is [2H]C1([2H])c2c(ccc(C)c2C)[C@]2(C)OC(c3cc(C(C)C)cc(-n4c5ccc(C)cc5c5ccc(-n6c7ccc(C(C)(C)C)cc7c7cccnc76)cc54)c3)=N[C@]12C. The van der Waals surface area contributed by atoms with Crippen molar-refractivity contribution in [3.63, 3.8) is 0 Å². The number of benzene rings is 5. The summed E-state index contributed by atoms with van der Waals surface area (Å²) < 4.78 is 30.8. The van der Waals surface area contributed by atoms with E-state index in [-0.39, 0.29) is 11.3 Å². The fraction of sp³-hybridized carbons (Fsp3) is 0.294. The standard InChI is InChI=1S/C51H50N4O/c1-29(2)33-23-34(48-53-50(9)28-42-32(5)31(4)14-18-43(42)51(50,10)56-48)25-37(24-33)54-44-19-13-30(3)22-40(44)38-17-16-36(27-46(38)54)55-45-20-15-35(49(6,7)8)26-41(45)39-12-11-21-52-47(39)55/h11-27,29H,28H2,1-10H3/t50-,51+/m1/s1/i28D2. The van der Waals surface area contributed by atoms with Crippen molar-refractivity contribution in [2.24, 2.45) is 4.99 Å². The third-order valence-corrected chi connectivity index (χ3v) is 12.8. The van der Waals surface area contributed by atoms with Gasteiger partial charge in [-0.3, -0.25) is 4.57 Å². The second kappa shape index (κ2) is 11.7. The highest BCUT2D eigenvalue weighted by atomic mass is 16.5. The molecule has 1 aliphatic carbocycles. The lowest BCUT2D eigenvalue weighted by Gasteiger charge is -2.31. The van der Waals surface area contributed by atoms with Gasteiger partial charge in [0.15, 0.2) is 5.60 Å². The van der Waals surface area contributed by atoms with Crippen molar-refractivity contribution in [1.82, 2.24) is 14.1 Å². The van der Waals surface area contributed by atoms with Crippen molar-refractivity contribution in [2.75, 3.05) is 0 Å². The Morgan fingerprint density at radius 2 is 1.52 bits per heavy atom. The van der Waals surface area contributed by atoms with E-state index in [0.29, 0.717) is 11.5 Å². The molecular formula is C51H50N4O. The quantitative estimate of drug-likeness (QED) is 0.181. The van der Waals surface area contributed by atoms with E-state index in [0.717, 1.165) is 66.8 Å². The van der Waals surface area contributed by atoms with Crippen LogP contribution in [0.4, 0.5) is 0 Å². The van der Waals surface area contributed by atoms with Crippen molar-refractivity contribution < 1.29 is 7.48 Å². The minimum absolute atomic E-state index is 0.0175. The number of aryl methyl sites for hydroxylation is 2. The van der Waals surface area contributed by atoms with Gasteiger partial charge in [0.2, 0.25) is 5.90 Å². The fourth-order valence-electron chi connectivity index (χ4n) is 9.17. The number of fused-ring (bicyclic) bond motifs is 9. The number of aromatic nitrogens is 3. The monoisotopic (exact) mass is 736 g/mol. The predicted molar refractivity (Wildman–Crippen MR) is 233 cm³/mol. The normalized spacial score (nSPS) is 20.8. The predicted octanol–water partition coefficient (Wildman–Crippen LogP) is 12.6. The number of hydrogen-bond donors (Lipinski definition) is 0. The first kappa shape index (κ1) is 32.6. The lowest BCUT2D eigenvalue weighted by Crippen LogP contribution is -2.40. The highest BCUT2D eigenvalue weighted by molar-refractivity contribution is 6.12. The molecule has 0 unspecified atom stereocenters. The molecule has 2 atom stereocenters. The lowest BCUT2D eigenvalue weighted by atomic mass is 9.84. The summed E-state index contributed by atoms with van der Waals surface area (Å²) in [4.78, 5) is 10.2. The molecule has 4 heterocycles. The molecule has 0 radical (unpaired) electrons. The molecule has 0 fully saturated rings. The van der Waals surface area contributed by atoms with Crippen LogP contribution in [-0.2, 0) is 22.1 Å². The van der Waals surface area contributed by atoms with Crippen LogP contribution in [-0.4, -0.2) is 25.6 Å². The molecule has 5 heteroatoms. The topological polar surface area (TPSA) is 44.3 Å². The van der Waals surface area contributed by atoms with Gasteiger partial charge in [0, 0.05) is 59.4 Å². The Bertz CT molecular complexity index is 3100. The van der Waals surface area contributed by atoms with Crippen LogP contribution in [0, 0.1) is 20.8 Å². The summed E-state index contributed by atoms with van der Waals surface area (Å²) in [7, 11) is 0. The van der Waals surface area contributed by atoms with E-state index in [1.54, 1.807) is 0 Å². The zero-order valence-corrected chi connectivity index (χ0v) is 34.1. The maximum Gasteiger partial charge on any atom is 0.217 e. The summed E-state index contributed by atoms with van der Waals surface area (Å²) in [6, 6.07) is 35.3. The molecule has 0 bridgehead atoms. The van der Waals surface area contributed by atoms with Gasteiger partial charge < -0.3 is 9.30 Å². The van der Waals surface area contributed by atoms with Crippen LogP contribution in [0.1, 0.15) is 102 Å². The van der Waals surface area contributed by atoms with Crippen molar-refractivity contribution >= 4 is 49.6 Å². The van der Waals surface area contributed by atoms with Crippen LogP contribution in [0.25, 0.3) is 55.1 Å². The summed E-state index contributed by atoms with van der Waals surface area (Å²) in [5.74, 6) is 0.696. The van der Waals surface area contributed by atoms with Crippen molar-refractivity contribution in [1.29, 1.82) is 0 Å². The van der Waals surface area contributed by atoms with Crippen molar-refractivity contribution in [3.8, 4) is 11.4 Å². The second-order valence-corrected chi connectivity index (χ2v) is 17.9. The number of aliphatic imine (C=N–C) groups is 1. The van der Waals surface area contributed by atoms with Gasteiger partial charge >= 0.3 is 0 Å². The first-order valence-electron chi connectivity index (χ1n) is 20.9. The molecule has 0 saturated carbocycles. The molecule has 10 rings (SSSR count). The van der Waals surface area contributed by atoms with Gasteiger partial charge in [0.05, 0.1) is 16.6 Å². The molecule has 280 valence electrons. The van der Waals surface area contributed by atoms with Gasteiger partial charge in [-0.2, -0.15) is 0 Å². The first-order chi connectivity index (χ1) is 27.4. The van der Waals surface area contributed by atoms with E-state index < -0.39 is 17.5 Å². The highest BCUT2D eigenvalue weighted by Crippen LogP contribution is 2.54. The number of pyridine rings is 1. The molecule has 3 aromatic heterocycles. The van der Waals surface area contributed by atoms with Crippen molar-refractivity contribution in [3.05, 3.63) is 148 Å². The summed E-state index contributed by atoms with van der Waals surface area (Å²) in [6.07, 6.45) is 0.152. The third kappa shape index (κ3) is 4.85. The second-order valence-electron chi connectivity index (χ2n) is 17.9. The number of rotatable bonds is 4. The Morgan fingerprint density at radius 1 is 0.750 bits per heavy atom. The maximum atomic E-state index is 9.56. The molecule has 0 amide bonds. The summed E-state index contributed by atoms with van der Waals surface area (Å²) >= 11 is 0. The highest BCUT2D eigenvalue weighted by Gasteiger charge is 2.59. The molecule has 0 N–H and O–H groups in total. The molecule has 2 aliphatic rings. The molecule has 0 saturated heterocycles. The third-order valence-electron chi connectivity index (χ3n) is 12.8. The van der Waals surface area contributed by atoms with Gasteiger partial charge in [-0.25, -0.2) is 9.98 Å². The van der Waals surface area contributed by atoms with Crippen molar-refractivity contribution in [2.45, 2.75) is 98.1 Å². The van der Waals surface area contributed by atoms with Gasteiger partial charge in [-0.1, -0.05) is 70.5 Å². The Kier molecular flexibility index (Phi) is 6.79. The molecule has 5 aromatic carbocycles. The minimum atomic E-state index is -1.73. The Hall–Kier alpha value is -5.68. The zero-order valence-electron chi connectivity index (χ0n) is 36.1. The summed E-state index contributed by atoms with van der Waals surface area (Å²) in [5, 5.41) is 4.69. The van der Waals surface area contributed by atoms with E-state index >= 15 is 0 Å². The molecular weight excluding hydrogens is 685 g/mol. The maximum absolute atomic E-state index is 9.56. The molecule has 56 heavy (non-hydrogen) atoms. The van der Waals surface area contributed by atoms with Crippen LogP contribution < -0.4 is 0 Å². The van der Waals surface area contributed by atoms with Gasteiger partial charge in [-0.15, -0.1) is 0 Å². The zero-order chi connectivity index (χ0) is 40.8. The number of ether oxygens (including phenoxy) is 1. The van der Waals surface area contributed by atoms with Gasteiger partial charge in [0.1, 0.15) is 11.2 Å². The van der Waals surface area contributed by atoms with Crippen LogP contribution in [0.5, 0.6) is 0 Å². The lowest BCUT2D eigenvalue weighted by molar-refractivity contribution is 0.0450. The summed E-state index contributed by atoms with van der Waals surface area (Å²) in [5.41, 5.74) is 12.3. The smallest absolute Gasteiger partial charge is 0.217 e. The van der Waals surface area contributed by atoms with Gasteiger partial charge in [0.25, 0.3) is 0 Å². The number of nitrogens with zero attached hydrogens (tertiary/aromatic N) is 4. The Labute approximate surface area is 332 Å². The fourth-order valence-corrected chi connectivity index (χ4v) is 9.17. The van der Waals surface area contributed by atoms with E-state index in [1.807, 2.05) is 46.0 Å². The molecule has 5 nitrogen and oxygen atoms in total. The minimum Gasteiger partial charge on any atom is -0.464 e. The van der Waals surface area contributed by atoms with E-state index in [2.05, 4.69) is 136 Å². The van der Waals surface area contributed by atoms with Gasteiger partial charge in [-0.05, 0) is 140 Å². The average Bonchev–Trinajstić information content (AvgIpc) is 3.82. The largest absolute Gasteiger partial charge is 0.464 e. The van der Waals surface area contributed by atoms with E-state index in [1.165, 1.54) is 27.3 Å². The Morgan fingerprint density at radius 3 is 2.30 bits per heavy atom. The molecule has 8 aromatic rings.